The zero-order valence-corrected chi connectivity index (χ0v) is 18.7. The van der Waals surface area contributed by atoms with Crippen LogP contribution in [-0.4, -0.2) is 69.1 Å². The van der Waals surface area contributed by atoms with E-state index in [0.29, 0.717) is 4.57 Å². The maximum absolute atomic E-state index is 15.0. The van der Waals surface area contributed by atoms with Crippen LogP contribution in [0.4, 0.5) is 4.39 Å². The van der Waals surface area contributed by atoms with Crippen LogP contribution in [0.25, 0.3) is 0 Å². The Hall–Kier alpha value is -0.720. The normalized spacial score (nSPS) is 30.1. The highest BCUT2D eigenvalue weighted by atomic mass is 32.1. The highest BCUT2D eigenvalue weighted by Crippen LogP contribution is 2.66. The fourth-order valence-corrected chi connectivity index (χ4v) is 5.63. The van der Waals surface area contributed by atoms with Gasteiger partial charge in [0.15, 0.2) is 6.23 Å². The van der Waals surface area contributed by atoms with E-state index in [9.17, 15) is 43.1 Å². The number of alkyl halides is 1. The molecule has 184 valence electrons. The van der Waals surface area contributed by atoms with Gasteiger partial charge < -0.3 is 39.6 Å². The van der Waals surface area contributed by atoms with Crippen LogP contribution in [-0.2, 0) is 38.2 Å². The van der Waals surface area contributed by atoms with Gasteiger partial charge in [0.1, 0.15) is 23.5 Å². The third kappa shape index (κ3) is 6.66. The van der Waals surface area contributed by atoms with E-state index >= 15 is 0 Å². The summed E-state index contributed by atoms with van der Waals surface area (Å²) in [5.74, 6) is -3.51. The molecule has 1 aromatic rings. The Kier molecular flexibility index (Phi) is 8.17. The largest absolute Gasteiger partial charge is 0.490 e. The van der Waals surface area contributed by atoms with E-state index in [2.05, 4.69) is 18.1 Å². The number of aliphatic hydroxyl groups excluding tert-OH is 3. The number of phosphoric ester groups is 1. The lowest BCUT2D eigenvalue weighted by Crippen LogP contribution is -2.43. The average molecular weight is 548 g/mol. The summed E-state index contributed by atoms with van der Waals surface area (Å²) in [5, 5.41) is 29.2. The number of rotatable bonds is 9. The van der Waals surface area contributed by atoms with Crippen LogP contribution >= 0.6 is 35.7 Å². The topological polar surface area (TPSA) is 268 Å². The Morgan fingerprint density at radius 3 is 2.31 bits per heavy atom. The molecule has 0 radical (unpaired) electrons. The molecule has 6 atom stereocenters. The van der Waals surface area contributed by atoms with Crippen molar-refractivity contribution in [1.29, 1.82) is 0 Å². The van der Waals surface area contributed by atoms with Gasteiger partial charge in [0.05, 0.1) is 6.61 Å². The van der Waals surface area contributed by atoms with Crippen molar-refractivity contribution >= 4 is 35.7 Å². The number of halogens is 1. The Morgan fingerprint density at radius 2 is 1.78 bits per heavy atom. The zero-order chi connectivity index (χ0) is 24.7. The molecule has 1 aromatic heterocycles. The summed E-state index contributed by atoms with van der Waals surface area (Å²) in [6.07, 6.45) is -5.79. The van der Waals surface area contributed by atoms with E-state index < -0.39 is 66.7 Å². The van der Waals surface area contributed by atoms with Gasteiger partial charge in [-0.2, -0.15) is 8.62 Å². The summed E-state index contributed by atoms with van der Waals surface area (Å²) in [7, 11) is -17.3. The number of aliphatic hydroxyl groups is 3. The first kappa shape index (κ1) is 27.5. The number of nitrogens with zero attached hydrogens (tertiary/aromatic N) is 1. The molecule has 0 aliphatic carbocycles. The fraction of sp³-hybridized carbons (Fsp3) is 0.600. The van der Waals surface area contributed by atoms with E-state index in [1.807, 2.05) is 0 Å². The van der Waals surface area contributed by atoms with Crippen LogP contribution in [0.15, 0.2) is 11.0 Å². The van der Waals surface area contributed by atoms with Crippen molar-refractivity contribution in [1.82, 2.24) is 9.55 Å². The molecule has 22 heteroatoms. The number of phosphoric acid groups is 3. The number of ether oxygens (including phenoxy) is 1. The Bertz CT molecular complexity index is 1120. The second kappa shape index (κ2) is 9.50. The molecule has 1 aliphatic rings. The minimum atomic E-state index is -5.89. The lowest BCUT2D eigenvalue weighted by Gasteiger charge is -2.24. The lowest BCUT2D eigenvalue weighted by atomic mass is 10.1. The quantitative estimate of drug-likeness (QED) is 0.131. The summed E-state index contributed by atoms with van der Waals surface area (Å²) in [6.45, 7) is -2.43. The van der Waals surface area contributed by atoms with Crippen LogP contribution in [0.5, 0.6) is 0 Å². The summed E-state index contributed by atoms with van der Waals surface area (Å²) >= 11 is 4.78. The van der Waals surface area contributed by atoms with Crippen molar-refractivity contribution < 1.29 is 70.9 Å². The van der Waals surface area contributed by atoms with E-state index in [1.54, 1.807) is 0 Å². The predicted octanol–water partition coefficient (Wildman–Crippen LogP) is -1.34. The summed E-state index contributed by atoms with van der Waals surface area (Å²) in [6, 6.07) is 0. The number of hydrogen-bond donors (Lipinski definition) is 8. The van der Waals surface area contributed by atoms with E-state index in [1.165, 1.54) is 0 Å². The lowest BCUT2D eigenvalue weighted by molar-refractivity contribution is -0.205. The molecule has 2 heterocycles. The van der Waals surface area contributed by atoms with Gasteiger partial charge in [-0.1, -0.05) is 12.2 Å². The Balaban J connectivity index is 2.20. The van der Waals surface area contributed by atoms with Gasteiger partial charge in [-0.25, -0.2) is 22.9 Å². The second-order valence-electron chi connectivity index (χ2n) is 6.07. The van der Waals surface area contributed by atoms with Crippen LogP contribution in [0.2, 0.25) is 0 Å². The standard InChI is InChI=1S/C10H16FN2O15P3S/c11-10(3-25-30(21,22)28-31(23,24)27-29(18,19)20)6(16)5(15)8(26-10)13-1-4(2-14)7(32)12-9(13)17/h1,5-6,8,14-16H,2-3H2,(H,21,22)(H,23,24)(H,12,17,32)(H2,18,19,20)/t5-,6+,8-,10-/m1/s1. The number of hydrogen-bond acceptors (Lipinski definition) is 12. The average Bonchev–Trinajstić information content (AvgIpc) is 2.82. The van der Waals surface area contributed by atoms with E-state index in [-0.39, 0.29) is 10.2 Å². The van der Waals surface area contributed by atoms with Gasteiger partial charge in [-0.05, 0) is 0 Å². The monoisotopic (exact) mass is 548 g/mol. The van der Waals surface area contributed by atoms with Crippen molar-refractivity contribution in [3.05, 3.63) is 26.9 Å². The van der Waals surface area contributed by atoms with Crippen molar-refractivity contribution in [2.24, 2.45) is 0 Å². The van der Waals surface area contributed by atoms with Gasteiger partial charge in [0.25, 0.3) is 5.85 Å². The first-order valence-electron chi connectivity index (χ1n) is 7.86. The Labute approximate surface area is 181 Å². The molecule has 1 aliphatic heterocycles. The third-order valence-corrected chi connectivity index (χ3v) is 7.85. The molecule has 1 fully saturated rings. The summed E-state index contributed by atoms with van der Waals surface area (Å²) in [5.41, 5.74) is -1.10. The maximum Gasteiger partial charge on any atom is 0.490 e. The SMILES string of the molecule is O=c1[nH]c(=S)c(CO)cn1[C@@H]1O[C@](F)(COP(=O)(O)OP(=O)(O)OP(=O)(O)O)[C@@H](O)[C@H]1O. The molecule has 0 amide bonds. The molecule has 2 rings (SSSR count). The minimum Gasteiger partial charge on any atom is -0.392 e. The van der Waals surface area contributed by atoms with Gasteiger partial charge in [-0.15, -0.1) is 0 Å². The number of nitrogens with one attached hydrogen (secondary N) is 1. The zero-order valence-electron chi connectivity index (χ0n) is 15.2. The molecule has 2 unspecified atom stereocenters. The molecule has 17 nitrogen and oxygen atoms in total. The van der Waals surface area contributed by atoms with Gasteiger partial charge in [0.2, 0.25) is 0 Å². The van der Waals surface area contributed by atoms with Crippen LogP contribution in [0.1, 0.15) is 11.8 Å². The highest BCUT2D eigenvalue weighted by molar-refractivity contribution is 7.71. The number of aromatic nitrogens is 2. The smallest absolute Gasteiger partial charge is 0.392 e. The minimum absolute atomic E-state index is 0.0467. The van der Waals surface area contributed by atoms with Crippen molar-refractivity contribution in [2.45, 2.75) is 30.9 Å². The number of aromatic amines is 1. The van der Waals surface area contributed by atoms with E-state index in [0.717, 1.165) is 6.20 Å². The fourth-order valence-electron chi connectivity index (χ4n) is 2.39. The molecule has 0 saturated carbocycles. The predicted molar refractivity (Wildman–Crippen MR) is 97.6 cm³/mol. The Morgan fingerprint density at radius 1 is 1.19 bits per heavy atom. The molecule has 32 heavy (non-hydrogen) atoms. The van der Waals surface area contributed by atoms with Crippen molar-refractivity contribution in [3.8, 4) is 0 Å². The second-order valence-corrected chi connectivity index (χ2v) is 10.9. The van der Waals surface area contributed by atoms with Crippen molar-refractivity contribution in [3.63, 3.8) is 0 Å². The van der Waals surface area contributed by atoms with Crippen LogP contribution < -0.4 is 5.69 Å². The van der Waals surface area contributed by atoms with Gasteiger partial charge in [-0.3, -0.25) is 14.1 Å². The van der Waals surface area contributed by atoms with Gasteiger partial charge >= 0.3 is 29.2 Å². The molecular formula is C10H16FN2O15P3S. The number of H-pyrrole nitrogens is 1. The molecule has 8 N–H and O–H groups in total. The first-order chi connectivity index (χ1) is 14.4. The highest BCUT2D eigenvalue weighted by Gasteiger charge is 2.57. The van der Waals surface area contributed by atoms with Crippen LogP contribution in [0, 0.1) is 4.64 Å². The third-order valence-electron chi connectivity index (χ3n) is 3.70. The van der Waals surface area contributed by atoms with E-state index in [4.69, 9.17) is 31.6 Å². The maximum atomic E-state index is 15.0. The molecular weight excluding hydrogens is 532 g/mol. The van der Waals surface area contributed by atoms with Crippen molar-refractivity contribution in [2.75, 3.05) is 6.61 Å². The first-order valence-corrected chi connectivity index (χ1v) is 12.8. The van der Waals surface area contributed by atoms with Gasteiger partial charge in [0, 0.05) is 11.8 Å². The molecule has 0 spiro atoms. The summed E-state index contributed by atoms with van der Waals surface area (Å²) < 4.78 is 64.6. The van der Waals surface area contributed by atoms with Crippen LogP contribution in [0.3, 0.4) is 0 Å². The molecule has 1 saturated heterocycles. The molecule has 0 bridgehead atoms. The summed E-state index contributed by atoms with van der Waals surface area (Å²) in [4.78, 5) is 49.4. The molecule has 0 aromatic carbocycles.